The standard InChI is InChI=1S/C23H31N5O2/c1-26-10-4-7-23(20(26)22(30)27-11-2-3-12-27)8-13-28(14-9-23)21(29)17-5-6-18-19(15-17)25-16-24-18/h5-6,15-16,20H,2-4,7-14H2,1H3,(H,24,25)/t20-/m1/s1. The van der Waals surface area contributed by atoms with Crippen molar-refractivity contribution >= 4 is 22.8 Å². The average Bonchev–Trinajstić information content (AvgIpc) is 3.45. The van der Waals surface area contributed by atoms with Crippen LogP contribution < -0.4 is 0 Å². The molecule has 1 aromatic heterocycles. The SMILES string of the molecule is CN1CCCC2(CCN(C(=O)c3ccc4nc[nH]c4c3)CC2)[C@H]1C(=O)N1CCCC1. The van der Waals surface area contributed by atoms with Gasteiger partial charge in [0.15, 0.2) is 0 Å². The number of carbonyl (C=O) groups is 2. The van der Waals surface area contributed by atoms with Crippen LogP contribution in [-0.4, -0.2) is 82.3 Å². The lowest BCUT2D eigenvalue weighted by atomic mass is 9.66. The van der Waals surface area contributed by atoms with Crippen molar-refractivity contribution in [3.8, 4) is 0 Å². The highest BCUT2D eigenvalue weighted by Crippen LogP contribution is 2.45. The highest BCUT2D eigenvalue weighted by molar-refractivity contribution is 5.97. The van der Waals surface area contributed by atoms with Gasteiger partial charge in [0, 0.05) is 31.7 Å². The van der Waals surface area contributed by atoms with E-state index in [1.54, 1.807) is 6.33 Å². The van der Waals surface area contributed by atoms with Gasteiger partial charge in [-0.3, -0.25) is 14.5 Å². The van der Waals surface area contributed by atoms with Gasteiger partial charge in [-0.2, -0.15) is 0 Å². The molecule has 1 aromatic carbocycles. The largest absolute Gasteiger partial charge is 0.345 e. The van der Waals surface area contributed by atoms with Crippen LogP contribution in [0.3, 0.4) is 0 Å². The zero-order chi connectivity index (χ0) is 20.7. The number of hydrogen-bond acceptors (Lipinski definition) is 4. The number of amides is 2. The molecular weight excluding hydrogens is 378 g/mol. The fourth-order valence-electron chi connectivity index (χ4n) is 5.90. The van der Waals surface area contributed by atoms with Crippen LogP contribution in [0.5, 0.6) is 0 Å². The van der Waals surface area contributed by atoms with Crippen molar-refractivity contribution in [1.29, 1.82) is 0 Å². The van der Waals surface area contributed by atoms with E-state index in [0.29, 0.717) is 11.5 Å². The van der Waals surface area contributed by atoms with Crippen LogP contribution in [0.4, 0.5) is 0 Å². The minimum absolute atomic E-state index is 0.00319. The monoisotopic (exact) mass is 409 g/mol. The summed E-state index contributed by atoms with van der Waals surface area (Å²) in [6.07, 6.45) is 7.92. The number of hydrogen-bond donors (Lipinski definition) is 1. The molecule has 30 heavy (non-hydrogen) atoms. The van der Waals surface area contributed by atoms with E-state index in [0.717, 1.165) is 82.3 Å². The second kappa shape index (κ2) is 7.69. The molecule has 2 aromatic rings. The van der Waals surface area contributed by atoms with E-state index >= 15 is 0 Å². The molecular formula is C23H31N5O2. The number of nitrogens with zero attached hydrogens (tertiary/aromatic N) is 4. The molecule has 0 saturated carbocycles. The Balaban J connectivity index is 1.32. The van der Waals surface area contributed by atoms with Gasteiger partial charge in [-0.1, -0.05) is 0 Å². The second-order valence-corrected chi connectivity index (χ2v) is 9.31. The molecule has 5 rings (SSSR count). The number of aromatic nitrogens is 2. The Bertz CT molecular complexity index is 940. The van der Waals surface area contributed by atoms with E-state index in [4.69, 9.17) is 0 Å². The molecule has 2 amide bonds. The third kappa shape index (κ3) is 3.29. The summed E-state index contributed by atoms with van der Waals surface area (Å²) in [7, 11) is 2.11. The lowest BCUT2D eigenvalue weighted by molar-refractivity contribution is -0.145. The molecule has 7 nitrogen and oxygen atoms in total. The third-order valence-corrected chi connectivity index (χ3v) is 7.57. The van der Waals surface area contributed by atoms with E-state index in [1.165, 1.54) is 0 Å². The predicted molar refractivity (Wildman–Crippen MR) is 115 cm³/mol. The van der Waals surface area contributed by atoms with Crippen molar-refractivity contribution in [3.63, 3.8) is 0 Å². The van der Waals surface area contributed by atoms with Gasteiger partial charge in [0.25, 0.3) is 5.91 Å². The van der Waals surface area contributed by atoms with Gasteiger partial charge < -0.3 is 14.8 Å². The summed E-state index contributed by atoms with van der Waals surface area (Å²) >= 11 is 0. The van der Waals surface area contributed by atoms with Gasteiger partial charge in [0.1, 0.15) is 0 Å². The smallest absolute Gasteiger partial charge is 0.253 e. The number of rotatable bonds is 2. The Kier molecular flexibility index (Phi) is 5.01. The van der Waals surface area contributed by atoms with Crippen LogP contribution in [-0.2, 0) is 4.79 Å². The number of nitrogens with one attached hydrogen (secondary N) is 1. The highest BCUT2D eigenvalue weighted by atomic mass is 16.2. The number of fused-ring (bicyclic) bond motifs is 1. The number of benzene rings is 1. The summed E-state index contributed by atoms with van der Waals surface area (Å²) in [4.78, 5) is 40.2. The zero-order valence-electron chi connectivity index (χ0n) is 17.8. The summed E-state index contributed by atoms with van der Waals surface area (Å²) in [5.41, 5.74) is 2.46. The summed E-state index contributed by atoms with van der Waals surface area (Å²) in [6, 6.07) is 5.61. The second-order valence-electron chi connectivity index (χ2n) is 9.31. The molecule has 0 unspecified atom stereocenters. The van der Waals surface area contributed by atoms with Gasteiger partial charge in [-0.05, 0) is 75.7 Å². The van der Waals surface area contributed by atoms with E-state index in [1.807, 2.05) is 23.1 Å². The number of aromatic amines is 1. The van der Waals surface area contributed by atoms with E-state index in [-0.39, 0.29) is 17.4 Å². The normalized spacial score (nSPS) is 24.6. The lowest BCUT2D eigenvalue weighted by Gasteiger charge is -2.52. The molecule has 3 fully saturated rings. The molecule has 1 spiro atoms. The molecule has 3 aliphatic rings. The van der Waals surface area contributed by atoms with Crippen LogP contribution in [0.1, 0.15) is 48.9 Å². The summed E-state index contributed by atoms with van der Waals surface area (Å²) < 4.78 is 0. The Morgan fingerprint density at radius 2 is 1.77 bits per heavy atom. The molecule has 3 saturated heterocycles. The number of imidazole rings is 1. The molecule has 4 heterocycles. The van der Waals surface area contributed by atoms with E-state index < -0.39 is 0 Å². The van der Waals surface area contributed by atoms with Gasteiger partial charge in [0.05, 0.1) is 23.4 Å². The molecule has 0 bridgehead atoms. The van der Waals surface area contributed by atoms with Gasteiger partial charge in [-0.25, -0.2) is 4.98 Å². The number of carbonyl (C=O) groups excluding carboxylic acids is 2. The minimum Gasteiger partial charge on any atom is -0.345 e. The molecule has 160 valence electrons. The number of piperidine rings is 2. The Morgan fingerprint density at radius 1 is 1.00 bits per heavy atom. The molecule has 3 aliphatic heterocycles. The highest BCUT2D eigenvalue weighted by Gasteiger charge is 2.50. The quantitative estimate of drug-likeness (QED) is 0.827. The maximum atomic E-state index is 13.4. The van der Waals surface area contributed by atoms with E-state index in [2.05, 4.69) is 26.8 Å². The van der Waals surface area contributed by atoms with Crippen molar-refractivity contribution < 1.29 is 9.59 Å². The first-order valence-corrected chi connectivity index (χ1v) is 11.3. The average molecular weight is 410 g/mol. The molecule has 0 aliphatic carbocycles. The first-order valence-electron chi connectivity index (χ1n) is 11.3. The maximum Gasteiger partial charge on any atom is 0.253 e. The minimum atomic E-state index is -0.0389. The summed E-state index contributed by atoms with van der Waals surface area (Å²) in [6.45, 7) is 4.23. The Morgan fingerprint density at radius 3 is 2.53 bits per heavy atom. The first-order chi connectivity index (χ1) is 14.6. The Labute approximate surface area is 177 Å². The molecule has 0 radical (unpaired) electrons. The molecule has 1 N–H and O–H groups in total. The number of likely N-dealkylation sites (N-methyl/N-ethyl adjacent to an activating group) is 1. The van der Waals surface area contributed by atoms with Gasteiger partial charge in [-0.15, -0.1) is 0 Å². The number of H-pyrrole nitrogens is 1. The third-order valence-electron chi connectivity index (χ3n) is 7.57. The maximum absolute atomic E-state index is 13.4. The predicted octanol–water partition coefficient (Wildman–Crippen LogP) is 2.50. The summed E-state index contributed by atoms with van der Waals surface area (Å²) in [5.74, 6) is 0.395. The van der Waals surface area contributed by atoms with Crippen molar-refractivity contribution in [2.75, 3.05) is 39.8 Å². The van der Waals surface area contributed by atoms with Crippen LogP contribution in [0.25, 0.3) is 11.0 Å². The first kappa shape index (κ1) is 19.5. The van der Waals surface area contributed by atoms with Crippen LogP contribution >= 0.6 is 0 Å². The van der Waals surface area contributed by atoms with Crippen molar-refractivity contribution in [2.45, 2.75) is 44.6 Å². The van der Waals surface area contributed by atoms with Crippen molar-refractivity contribution in [2.24, 2.45) is 5.41 Å². The van der Waals surface area contributed by atoms with Crippen LogP contribution in [0, 0.1) is 5.41 Å². The lowest BCUT2D eigenvalue weighted by Crippen LogP contribution is -2.61. The molecule has 7 heteroatoms. The van der Waals surface area contributed by atoms with Crippen LogP contribution in [0.2, 0.25) is 0 Å². The van der Waals surface area contributed by atoms with Gasteiger partial charge >= 0.3 is 0 Å². The van der Waals surface area contributed by atoms with Crippen molar-refractivity contribution in [3.05, 3.63) is 30.1 Å². The topological polar surface area (TPSA) is 72.5 Å². The Hall–Kier alpha value is -2.41. The molecule has 1 atom stereocenters. The number of likely N-dealkylation sites (tertiary alicyclic amines) is 3. The fourth-order valence-corrected chi connectivity index (χ4v) is 5.90. The van der Waals surface area contributed by atoms with Crippen LogP contribution in [0.15, 0.2) is 24.5 Å². The summed E-state index contributed by atoms with van der Waals surface area (Å²) in [5, 5.41) is 0. The van der Waals surface area contributed by atoms with Crippen molar-refractivity contribution in [1.82, 2.24) is 24.7 Å². The fraction of sp³-hybridized carbons (Fsp3) is 0.609. The van der Waals surface area contributed by atoms with Gasteiger partial charge in [0.2, 0.25) is 5.91 Å². The van der Waals surface area contributed by atoms with E-state index in [9.17, 15) is 9.59 Å². The zero-order valence-corrected chi connectivity index (χ0v) is 17.8.